The summed E-state index contributed by atoms with van der Waals surface area (Å²) in [5.74, 6) is -1.36. The number of carbonyl (C=O) groups excluding carboxylic acids is 4. The van der Waals surface area contributed by atoms with Crippen molar-refractivity contribution in [3.05, 3.63) is 36.0 Å². The number of benzene rings is 1. The van der Waals surface area contributed by atoms with Crippen molar-refractivity contribution in [2.75, 3.05) is 13.2 Å². The molecule has 0 radical (unpaired) electrons. The number of fused-ring (bicyclic) bond motifs is 1. The van der Waals surface area contributed by atoms with Crippen molar-refractivity contribution in [2.45, 2.75) is 90.4 Å². The van der Waals surface area contributed by atoms with E-state index >= 15 is 0 Å². The third kappa shape index (κ3) is 7.26. The first-order chi connectivity index (χ1) is 17.8. The number of amides is 3. The highest BCUT2D eigenvalue weighted by atomic mass is 16.6. The Morgan fingerprint density at radius 1 is 1.11 bits per heavy atom. The molecule has 2 atom stereocenters. The summed E-state index contributed by atoms with van der Waals surface area (Å²) in [7, 11) is 0. The molecule has 0 spiro atoms. The van der Waals surface area contributed by atoms with E-state index in [1.54, 1.807) is 41.5 Å². The van der Waals surface area contributed by atoms with Gasteiger partial charge in [-0.1, -0.05) is 18.2 Å². The lowest BCUT2D eigenvalue weighted by atomic mass is 9.97. The fourth-order valence-corrected chi connectivity index (χ4v) is 4.55. The number of hydrogen-bond acceptors (Lipinski definition) is 6. The Bertz CT molecular complexity index is 1170. The standard InChI is InChI=1S/C28H40N4O6/c1-7-37-24(34)22-14-10-11-15-32(22)23(33)21(16-18-17-29-20-13-9-8-12-19(18)20)30-25(35)28(5,6)31-26(36)38-27(2,3)4/h8-9,12-13,17,21-22,29H,7,10-11,14-16H2,1-6H3,(H,30,35)(H,31,36)/t21-,22-/m1/s1. The van der Waals surface area contributed by atoms with Crippen LogP contribution in [0.3, 0.4) is 0 Å². The van der Waals surface area contributed by atoms with E-state index in [-0.39, 0.29) is 18.9 Å². The van der Waals surface area contributed by atoms with Crippen LogP contribution in [0, 0.1) is 0 Å². The van der Waals surface area contributed by atoms with Gasteiger partial charge in [-0.05, 0) is 72.4 Å². The van der Waals surface area contributed by atoms with E-state index in [0.29, 0.717) is 13.0 Å². The SMILES string of the molecule is CCOC(=O)[C@H]1CCCCN1C(=O)[C@@H](Cc1c[nH]c2ccccc12)NC(=O)C(C)(C)NC(=O)OC(C)(C)C. The average Bonchev–Trinajstić information content (AvgIpc) is 3.24. The monoisotopic (exact) mass is 528 g/mol. The number of alkyl carbamates (subject to hydrolysis) is 1. The number of esters is 1. The summed E-state index contributed by atoms with van der Waals surface area (Å²) in [6.45, 7) is 10.6. The molecule has 208 valence electrons. The maximum Gasteiger partial charge on any atom is 0.408 e. The van der Waals surface area contributed by atoms with Crippen LogP contribution in [0.2, 0.25) is 0 Å². The van der Waals surface area contributed by atoms with Crippen molar-refractivity contribution in [1.82, 2.24) is 20.5 Å². The maximum absolute atomic E-state index is 13.9. The van der Waals surface area contributed by atoms with E-state index in [1.165, 1.54) is 4.90 Å². The fourth-order valence-electron chi connectivity index (χ4n) is 4.55. The van der Waals surface area contributed by atoms with Gasteiger partial charge in [0.15, 0.2) is 0 Å². The molecular formula is C28H40N4O6. The minimum absolute atomic E-state index is 0.198. The Labute approximate surface area is 223 Å². The van der Waals surface area contributed by atoms with Crippen LogP contribution in [0.5, 0.6) is 0 Å². The lowest BCUT2D eigenvalue weighted by Gasteiger charge is -2.37. The highest BCUT2D eigenvalue weighted by molar-refractivity contribution is 5.95. The van der Waals surface area contributed by atoms with Crippen LogP contribution < -0.4 is 10.6 Å². The minimum Gasteiger partial charge on any atom is -0.464 e. The van der Waals surface area contributed by atoms with Gasteiger partial charge in [0.1, 0.15) is 23.2 Å². The molecule has 10 nitrogen and oxygen atoms in total. The van der Waals surface area contributed by atoms with Crippen LogP contribution in [0.15, 0.2) is 30.5 Å². The largest absolute Gasteiger partial charge is 0.464 e. The zero-order valence-corrected chi connectivity index (χ0v) is 23.2. The van der Waals surface area contributed by atoms with Crippen molar-refractivity contribution in [3.63, 3.8) is 0 Å². The van der Waals surface area contributed by atoms with Gasteiger partial charge >= 0.3 is 12.1 Å². The number of para-hydroxylation sites is 1. The van der Waals surface area contributed by atoms with E-state index in [9.17, 15) is 19.2 Å². The van der Waals surface area contributed by atoms with Crippen molar-refractivity contribution in [3.8, 4) is 0 Å². The Morgan fingerprint density at radius 3 is 2.50 bits per heavy atom. The van der Waals surface area contributed by atoms with Gasteiger partial charge in [0.2, 0.25) is 11.8 Å². The molecule has 3 amide bonds. The van der Waals surface area contributed by atoms with E-state index in [1.807, 2.05) is 30.5 Å². The zero-order chi connectivity index (χ0) is 28.1. The molecular weight excluding hydrogens is 488 g/mol. The van der Waals surface area contributed by atoms with Crippen LogP contribution in [0.4, 0.5) is 4.79 Å². The molecule has 0 bridgehead atoms. The van der Waals surface area contributed by atoms with Gasteiger partial charge in [-0.15, -0.1) is 0 Å². The molecule has 1 aromatic carbocycles. The summed E-state index contributed by atoms with van der Waals surface area (Å²) in [6, 6.07) is 6.02. The van der Waals surface area contributed by atoms with E-state index in [0.717, 1.165) is 29.3 Å². The van der Waals surface area contributed by atoms with Crippen molar-refractivity contribution in [1.29, 1.82) is 0 Å². The number of aromatic amines is 1. The molecule has 3 N–H and O–H groups in total. The summed E-state index contributed by atoms with van der Waals surface area (Å²) in [5, 5.41) is 6.38. The number of carbonyl (C=O) groups is 4. The quantitative estimate of drug-likeness (QED) is 0.450. The van der Waals surface area contributed by atoms with Gasteiger partial charge < -0.3 is 30.0 Å². The summed E-state index contributed by atoms with van der Waals surface area (Å²) in [4.78, 5) is 57.1. The van der Waals surface area contributed by atoms with Gasteiger partial charge in [-0.2, -0.15) is 0 Å². The van der Waals surface area contributed by atoms with Crippen LogP contribution in [0.1, 0.15) is 66.4 Å². The first kappa shape index (κ1) is 29.0. The van der Waals surface area contributed by atoms with Gasteiger partial charge in [0, 0.05) is 30.1 Å². The van der Waals surface area contributed by atoms with Gasteiger partial charge in [0.05, 0.1) is 6.61 Å². The number of H-pyrrole nitrogens is 1. The fraction of sp³-hybridized carbons (Fsp3) is 0.571. The molecule has 1 aliphatic rings. The molecule has 1 saturated heterocycles. The van der Waals surface area contributed by atoms with Crippen LogP contribution in [-0.4, -0.2) is 70.1 Å². The van der Waals surface area contributed by atoms with Crippen LogP contribution >= 0.6 is 0 Å². The smallest absolute Gasteiger partial charge is 0.408 e. The number of nitrogens with zero attached hydrogens (tertiary/aromatic N) is 1. The topological polar surface area (TPSA) is 130 Å². The number of hydrogen-bond donors (Lipinski definition) is 3. The molecule has 1 fully saturated rings. The Morgan fingerprint density at radius 2 is 1.82 bits per heavy atom. The minimum atomic E-state index is -1.37. The highest BCUT2D eigenvalue weighted by Crippen LogP contribution is 2.23. The van der Waals surface area contributed by atoms with E-state index < -0.39 is 41.2 Å². The van der Waals surface area contributed by atoms with Gasteiger partial charge in [-0.25, -0.2) is 9.59 Å². The van der Waals surface area contributed by atoms with Crippen molar-refractivity contribution in [2.24, 2.45) is 0 Å². The van der Waals surface area contributed by atoms with Gasteiger partial charge in [-0.3, -0.25) is 9.59 Å². The summed E-state index contributed by atoms with van der Waals surface area (Å²) in [6.07, 6.45) is 3.34. The molecule has 2 aromatic rings. The molecule has 2 heterocycles. The number of likely N-dealkylation sites (tertiary alicyclic amines) is 1. The predicted molar refractivity (Wildman–Crippen MR) is 143 cm³/mol. The number of rotatable bonds is 8. The Balaban J connectivity index is 1.88. The predicted octanol–water partition coefficient (Wildman–Crippen LogP) is 3.44. The molecule has 38 heavy (non-hydrogen) atoms. The maximum atomic E-state index is 13.9. The molecule has 1 aliphatic heterocycles. The molecule has 0 aliphatic carbocycles. The van der Waals surface area contributed by atoms with E-state index in [4.69, 9.17) is 9.47 Å². The molecule has 0 saturated carbocycles. The first-order valence-corrected chi connectivity index (χ1v) is 13.2. The summed E-state index contributed by atoms with van der Waals surface area (Å²) >= 11 is 0. The number of nitrogens with one attached hydrogen (secondary N) is 3. The molecule has 3 rings (SSSR count). The summed E-state index contributed by atoms with van der Waals surface area (Å²) < 4.78 is 10.5. The molecule has 1 aromatic heterocycles. The van der Waals surface area contributed by atoms with Crippen molar-refractivity contribution >= 4 is 34.8 Å². The highest BCUT2D eigenvalue weighted by Gasteiger charge is 2.39. The number of piperidine rings is 1. The second-order valence-corrected chi connectivity index (χ2v) is 11.1. The Kier molecular flexibility index (Phi) is 9.06. The van der Waals surface area contributed by atoms with Crippen molar-refractivity contribution < 1.29 is 28.7 Å². The second kappa shape index (κ2) is 11.9. The third-order valence-electron chi connectivity index (χ3n) is 6.43. The first-order valence-electron chi connectivity index (χ1n) is 13.2. The zero-order valence-electron chi connectivity index (χ0n) is 23.2. The lowest BCUT2D eigenvalue weighted by Crippen LogP contribution is -2.61. The normalized spacial score (nSPS) is 17.0. The lowest BCUT2D eigenvalue weighted by molar-refractivity contribution is -0.157. The Hall–Kier alpha value is -3.56. The molecule has 10 heteroatoms. The summed E-state index contributed by atoms with van der Waals surface area (Å²) in [5.41, 5.74) is -0.346. The van der Waals surface area contributed by atoms with Crippen LogP contribution in [-0.2, 0) is 30.3 Å². The number of ether oxygens (including phenoxy) is 2. The average molecular weight is 529 g/mol. The van der Waals surface area contributed by atoms with E-state index in [2.05, 4.69) is 15.6 Å². The molecule has 0 unspecified atom stereocenters. The van der Waals surface area contributed by atoms with Gasteiger partial charge in [0.25, 0.3) is 0 Å². The number of aromatic nitrogens is 1. The third-order valence-corrected chi connectivity index (χ3v) is 6.43. The van der Waals surface area contributed by atoms with Crippen LogP contribution in [0.25, 0.3) is 10.9 Å². The second-order valence-electron chi connectivity index (χ2n) is 11.1.